The molecule has 5 nitrogen and oxygen atoms in total. The van der Waals surface area contributed by atoms with E-state index in [9.17, 15) is 32.1 Å². The average molecular weight is 257 g/mol. The third-order valence-electron chi connectivity index (χ3n) is 1.75. The number of hydrogen-bond donors (Lipinski definition) is 1. The third kappa shape index (κ3) is 2.57. The van der Waals surface area contributed by atoms with Gasteiger partial charge < -0.3 is 15.8 Å². The maximum absolute atomic E-state index is 12.4. The first kappa shape index (κ1) is 13.1. The number of aromatic nitrogens is 1. The molecule has 0 saturated heterocycles. The highest BCUT2D eigenvalue weighted by molar-refractivity contribution is 5.54. The molecule has 0 saturated carbocycles. The van der Waals surface area contributed by atoms with Crippen molar-refractivity contribution in [3.05, 3.63) is 27.4 Å². The number of alkyl halides is 5. The normalized spacial score (nSPS) is 11.9. The van der Waals surface area contributed by atoms with Crippen molar-refractivity contribution < 1.29 is 26.9 Å². The van der Waals surface area contributed by atoms with Crippen molar-refractivity contribution in [1.29, 1.82) is 0 Å². The summed E-state index contributed by atoms with van der Waals surface area (Å²) in [6.45, 7) is 0. The fraction of sp³-hybridized carbons (Fsp3) is 0.286. The van der Waals surface area contributed by atoms with Gasteiger partial charge in [0.15, 0.2) is 0 Å². The van der Waals surface area contributed by atoms with Crippen LogP contribution in [0.1, 0.15) is 17.7 Å². The number of rotatable bonds is 2. The lowest BCUT2D eigenvalue weighted by Gasteiger charge is -2.09. The van der Waals surface area contributed by atoms with E-state index < -0.39 is 40.3 Å². The number of anilines is 1. The number of nitrogens with zero attached hydrogens (tertiary/aromatic N) is 2. The number of pyridine rings is 1. The number of hydrogen-bond acceptors (Lipinski definition) is 4. The van der Waals surface area contributed by atoms with Crippen LogP contribution in [0, 0.1) is 10.1 Å². The second-order valence-corrected chi connectivity index (χ2v) is 2.89. The first-order chi connectivity index (χ1) is 7.64. The molecule has 0 fully saturated rings. The summed E-state index contributed by atoms with van der Waals surface area (Å²) in [6.07, 6.45) is -8.77. The van der Waals surface area contributed by atoms with Gasteiger partial charge in [-0.25, -0.2) is 8.78 Å². The third-order valence-corrected chi connectivity index (χ3v) is 1.75. The quantitative estimate of drug-likeness (QED) is 0.501. The summed E-state index contributed by atoms with van der Waals surface area (Å²) in [5, 5.41) is 10.2. The van der Waals surface area contributed by atoms with Crippen molar-refractivity contribution in [2.45, 2.75) is 12.6 Å². The molecule has 10 heteroatoms. The van der Waals surface area contributed by atoms with Crippen LogP contribution < -0.4 is 5.73 Å². The monoisotopic (exact) mass is 257 g/mol. The van der Waals surface area contributed by atoms with E-state index in [1.807, 2.05) is 0 Å². The standard InChI is InChI=1S/C7H4F5N3O2/c8-6(9)4-2(13)1-3(15(16)17)14-5(4)7(10,11)12/h1,6H,(H2,13,14). The Kier molecular flexibility index (Phi) is 3.16. The van der Waals surface area contributed by atoms with Crippen molar-refractivity contribution in [2.24, 2.45) is 0 Å². The van der Waals surface area contributed by atoms with Crippen LogP contribution in [0.5, 0.6) is 0 Å². The van der Waals surface area contributed by atoms with Gasteiger partial charge in [-0.05, 0) is 9.91 Å². The molecule has 94 valence electrons. The van der Waals surface area contributed by atoms with Gasteiger partial charge in [0.25, 0.3) is 12.1 Å². The van der Waals surface area contributed by atoms with Gasteiger partial charge >= 0.3 is 12.0 Å². The van der Waals surface area contributed by atoms with E-state index in [0.717, 1.165) is 0 Å². The summed E-state index contributed by atoms with van der Waals surface area (Å²) < 4.78 is 61.8. The predicted molar refractivity (Wildman–Crippen MR) is 45.3 cm³/mol. The summed E-state index contributed by atoms with van der Waals surface area (Å²) >= 11 is 0. The second-order valence-electron chi connectivity index (χ2n) is 2.89. The van der Waals surface area contributed by atoms with Gasteiger partial charge in [0.1, 0.15) is 0 Å². The lowest BCUT2D eigenvalue weighted by Crippen LogP contribution is -2.15. The topological polar surface area (TPSA) is 82.0 Å². The Morgan fingerprint density at radius 1 is 1.41 bits per heavy atom. The molecule has 0 aliphatic carbocycles. The Labute approximate surface area is 90.2 Å². The minimum absolute atomic E-state index is 0.358. The highest BCUT2D eigenvalue weighted by atomic mass is 19.4. The lowest BCUT2D eigenvalue weighted by atomic mass is 10.1. The van der Waals surface area contributed by atoms with Crippen LogP contribution >= 0.6 is 0 Å². The number of nitro groups is 1. The van der Waals surface area contributed by atoms with Crippen molar-refractivity contribution in [3.63, 3.8) is 0 Å². The molecule has 1 aromatic rings. The van der Waals surface area contributed by atoms with Crippen LogP contribution in [-0.2, 0) is 6.18 Å². The van der Waals surface area contributed by atoms with E-state index in [2.05, 4.69) is 4.98 Å². The SMILES string of the molecule is Nc1cc([N+](=O)[O-])nc(C(F)(F)F)c1C(F)F. The minimum Gasteiger partial charge on any atom is -0.398 e. The largest absolute Gasteiger partial charge is 0.458 e. The van der Waals surface area contributed by atoms with Gasteiger partial charge in [-0.1, -0.05) is 0 Å². The first-order valence-electron chi connectivity index (χ1n) is 3.94. The molecule has 1 heterocycles. The smallest absolute Gasteiger partial charge is 0.398 e. The first-order valence-corrected chi connectivity index (χ1v) is 3.94. The molecule has 0 radical (unpaired) electrons. The van der Waals surface area contributed by atoms with Crippen molar-refractivity contribution in [3.8, 4) is 0 Å². The Morgan fingerprint density at radius 3 is 2.29 bits per heavy atom. The zero-order chi connectivity index (χ0) is 13.4. The minimum atomic E-state index is -5.24. The molecule has 17 heavy (non-hydrogen) atoms. The van der Waals surface area contributed by atoms with E-state index in [1.54, 1.807) is 0 Å². The molecule has 0 spiro atoms. The molecular weight excluding hydrogens is 253 g/mol. The molecule has 0 atom stereocenters. The number of halogens is 5. The van der Waals surface area contributed by atoms with E-state index >= 15 is 0 Å². The van der Waals surface area contributed by atoms with E-state index in [-0.39, 0.29) is 0 Å². The Hall–Kier alpha value is -2.00. The summed E-state index contributed by atoms with van der Waals surface area (Å²) in [5.41, 5.74) is 0.319. The zero-order valence-electron chi connectivity index (χ0n) is 7.83. The van der Waals surface area contributed by atoms with E-state index in [0.29, 0.717) is 6.07 Å². The van der Waals surface area contributed by atoms with Gasteiger partial charge in [-0.3, -0.25) is 0 Å². The fourth-order valence-corrected chi connectivity index (χ4v) is 1.10. The van der Waals surface area contributed by atoms with Gasteiger partial charge in [0.05, 0.1) is 17.3 Å². The summed E-state index contributed by atoms with van der Waals surface area (Å²) in [7, 11) is 0. The molecular formula is C7H4F5N3O2. The summed E-state index contributed by atoms with van der Waals surface area (Å²) in [4.78, 5) is 11.5. The molecule has 1 rings (SSSR count). The Balaban J connectivity index is 3.57. The molecule has 0 aromatic carbocycles. The summed E-state index contributed by atoms with van der Waals surface area (Å²) in [5.74, 6) is -1.24. The van der Waals surface area contributed by atoms with Crippen LogP contribution in [0.3, 0.4) is 0 Å². The van der Waals surface area contributed by atoms with Crippen LogP contribution in [0.4, 0.5) is 33.5 Å². The molecule has 0 bridgehead atoms. The Morgan fingerprint density at radius 2 is 1.94 bits per heavy atom. The molecule has 0 aliphatic heterocycles. The molecule has 1 aromatic heterocycles. The average Bonchev–Trinajstić information content (AvgIpc) is 2.14. The molecule has 0 aliphatic rings. The number of nitrogens with two attached hydrogens (primary N) is 1. The second kappa shape index (κ2) is 4.11. The summed E-state index contributed by atoms with van der Waals surface area (Å²) in [6, 6.07) is 0.358. The van der Waals surface area contributed by atoms with Gasteiger partial charge in [-0.15, -0.1) is 0 Å². The van der Waals surface area contributed by atoms with E-state index in [1.165, 1.54) is 0 Å². The van der Waals surface area contributed by atoms with Gasteiger partial charge in [-0.2, -0.15) is 13.2 Å². The fourth-order valence-electron chi connectivity index (χ4n) is 1.10. The predicted octanol–water partition coefficient (Wildman–Crippen LogP) is 2.53. The molecule has 0 amide bonds. The van der Waals surface area contributed by atoms with Crippen LogP contribution in [0.15, 0.2) is 6.07 Å². The Bertz CT molecular complexity index is 460. The number of nitrogen functional groups attached to an aromatic ring is 1. The van der Waals surface area contributed by atoms with Crippen molar-refractivity contribution in [2.75, 3.05) is 5.73 Å². The maximum atomic E-state index is 12.4. The van der Waals surface area contributed by atoms with Crippen LogP contribution in [0.2, 0.25) is 0 Å². The van der Waals surface area contributed by atoms with Crippen molar-refractivity contribution in [1.82, 2.24) is 4.98 Å². The zero-order valence-corrected chi connectivity index (χ0v) is 7.83. The highest BCUT2D eigenvalue weighted by Crippen LogP contribution is 2.39. The van der Waals surface area contributed by atoms with Crippen LogP contribution in [-0.4, -0.2) is 9.91 Å². The molecule has 2 N–H and O–H groups in total. The highest BCUT2D eigenvalue weighted by Gasteiger charge is 2.44. The maximum Gasteiger partial charge on any atom is 0.458 e. The van der Waals surface area contributed by atoms with E-state index in [4.69, 9.17) is 5.73 Å². The molecule has 0 unspecified atom stereocenters. The lowest BCUT2D eigenvalue weighted by molar-refractivity contribution is -0.390. The van der Waals surface area contributed by atoms with Gasteiger partial charge in [0, 0.05) is 0 Å². The van der Waals surface area contributed by atoms with Crippen molar-refractivity contribution >= 4 is 11.5 Å². The van der Waals surface area contributed by atoms with Gasteiger partial charge in [0.2, 0.25) is 0 Å². The van der Waals surface area contributed by atoms with Crippen LogP contribution in [0.25, 0.3) is 0 Å².